The van der Waals surface area contributed by atoms with Gasteiger partial charge >= 0.3 is 0 Å². The molecule has 2 aromatic carbocycles. The second-order valence-corrected chi connectivity index (χ2v) is 5.51. The van der Waals surface area contributed by atoms with Gasteiger partial charge in [0.2, 0.25) is 0 Å². The number of rotatable bonds is 1. The second kappa shape index (κ2) is 4.28. The Labute approximate surface area is 118 Å². The van der Waals surface area contributed by atoms with Crippen molar-refractivity contribution in [3.8, 4) is 11.3 Å². The monoisotopic (exact) mass is 278 g/mol. The van der Waals surface area contributed by atoms with E-state index in [-0.39, 0.29) is 5.56 Å². The minimum absolute atomic E-state index is 0.150. The van der Waals surface area contributed by atoms with Gasteiger partial charge in [-0.3, -0.25) is 4.79 Å². The lowest BCUT2D eigenvalue weighted by atomic mass is 10.0. The Kier molecular flexibility index (Phi) is 2.44. The van der Waals surface area contributed by atoms with Crippen LogP contribution in [0, 0.1) is 0 Å². The summed E-state index contributed by atoms with van der Waals surface area (Å²) < 4.78 is 1.19. The summed E-state index contributed by atoms with van der Waals surface area (Å²) in [6, 6.07) is 15.8. The van der Waals surface area contributed by atoms with Gasteiger partial charge in [-0.25, -0.2) is 5.10 Å². The Balaban J connectivity index is 2.16. The van der Waals surface area contributed by atoms with Crippen LogP contribution < -0.4 is 5.56 Å². The largest absolute Gasteiger partial charge is 0.272 e. The Hall–Kier alpha value is -2.46. The number of benzene rings is 2. The van der Waals surface area contributed by atoms with E-state index in [9.17, 15) is 4.79 Å². The van der Waals surface area contributed by atoms with Gasteiger partial charge in [0.1, 0.15) is 5.69 Å². The van der Waals surface area contributed by atoms with Crippen LogP contribution in [-0.2, 0) is 0 Å². The van der Waals surface area contributed by atoms with Crippen molar-refractivity contribution in [1.29, 1.82) is 0 Å². The fourth-order valence-electron chi connectivity index (χ4n) is 2.50. The van der Waals surface area contributed by atoms with Crippen molar-refractivity contribution in [2.24, 2.45) is 0 Å². The van der Waals surface area contributed by atoms with Crippen molar-refractivity contribution in [1.82, 2.24) is 10.2 Å². The first-order valence-corrected chi connectivity index (χ1v) is 7.16. The summed E-state index contributed by atoms with van der Waals surface area (Å²) in [5.41, 5.74) is 1.74. The van der Waals surface area contributed by atoms with Gasteiger partial charge in [0.05, 0.1) is 5.39 Å². The first-order valence-electron chi connectivity index (χ1n) is 6.28. The molecule has 0 saturated carbocycles. The molecule has 2 aromatic heterocycles. The van der Waals surface area contributed by atoms with Crippen LogP contribution in [0.2, 0.25) is 0 Å². The van der Waals surface area contributed by atoms with Gasteiger partial charge in [-0.1, -0.05) is 36.4 Å². The summed E-state index contributed by atoms with van der Waals surface area (Å²) in [5, 5.41) is 11.7. The number of nitrogens with one attached hydrogen (secondary N) is 1. The van der Waals surface area contributed by atoms with Crippen LogP contribution in [0.4, 0.5) is 0 Å². The fourth-order valence-corrected chi connectivity index (χ4v) is 3.41. The van der Waals surface area contributed by atoms with Gasteiger partial charge in [-0.05, 0) is 22.9 Å². The minimum Gasteiger partial charge on any atom is -0.267 e. The van der Waals surface area contributed by atoms with Crippen LogP contribution in [0.3, 0.4) is 0 Å². The number of aromatic amines is 1. The molecule has 1 N–H and O–H groups in total. The molecule has 0 saturated heterocycles. The van der Waals surface area contributed by atoms with Crippen LogP contribution in [0.15, 0.2) is 58.7 Å². The maximum absolute atomic E-state index is 11.9. The molecule has 0 fully saturated rings. The molecule has 0 radical (unpaired) electrons. The molecule has 0 spiro atoms. The summed E-state index contributed by atoms with van der Waals surface area (Å²) in [6.45, 7) is 0. The van der Waals surface area contributed by atoms with E-state index < -0.39 is 0 Å². The molecule has 20 heavy (non-hydrogen) atoms. The van der Waals surface area contributed by atoms with Crippen molar-refractivity contribution >= 4 is 32.2 Å². The number of thiophene rings is 1. The van der Waals surface area contributed by atoms with E-state index in [1.807, 2.05) is 36.4 Å². The number of nitrogens with zero attached hydrogens (tertiary/aromatic N) is 1. The lowest BCUT2D eigenvalue weighted by Crippen LogP contribution is -2.09. The SMILES string of the molecule is O=c1[nH]nc(-c2cccc3ccsc23)c2ccccc12. The molecule has 0 aliphatic rings. The maximum Gasteiger partial charge on any atom is 0.272 e. The molecular formula is C16H10N2OS. The molecule has 0 unspecified atom stereocenters. The molecule has 0 amide bonds. The summed E-state index contributed by atoms with van der Waals surface area (Å²) in [5.74, 6) is 0. The lowest BCUT2D eigenvalue weighted by molar-refractivity contribution is 1.02. The van der Waals surface area contributed by atoms with Gasteiger partial charge in [0, 0.05) is 15.6 Å². The highest BCUT2D eigenvalue weighted by Gasteiger charge is 2.11. The summed E-state index contributed by atoms with van der Waals surface area (Å²) in [4.78, 5) is 11.9. The third kappa shape index (κ3) is 1.58. The van der Waals surface area contributed by atoms with Crippen LogP contribution >= 0.6 is 11.3 Å². The van der Waals surface area contributed by atoms with Crippen LogP contribution in [-0.4, -0.2) is 10.2 Å². The molecule has 0 aliphatic heterocycles. The van der Waals surface area contributed by atoms with E-state index in [0.29, 0.717) is 5.39 Å². The molecular weight excluding hydrogens is 268 g/mol. The first kappa shape index (κ1) is 11.4. The number of H-pyrrole nitrogens is 1. The van der Waals surface area contributed by atoms with Crippen molar-refractivity contribution in [3.05, 3.63) is 64.3 Å². The maximum atomic E-state index is 11.9. The second-order valence-electron chi connectivity index (χ2n) is 4.59. The average molecular weight is 278 g/mol. The van der Waals surface area contributed by atoms with Gasteiger partial charge in [0.25, 0.3) is 5.56 Å². The van der Waals surface area contributed by atoms with Gasteiger partial charge in [-0.2, -0.15) is 5.10 Å². The highest BCUT2D eigenvalue weighted by Crippen LogP contribution is 2.33. The van der Waals surface area contributed by atoms with Crippen LogP contribution in [0.1, 0.15) is 0 Å². The predicted octanol–water partition coefficient (Wildman–Crippen LogP) is 3.80. The quantitative estimate of drug-likeness (QED) is 0.575. The molecule has 2 heterocycles. The van der Waals surface area contributed by atoms with E-state index in [1.165, 1.54) is 10.1 Å². The smallest absolute Gasteiger partial charge is 0.267 e. The molecule has 0 bridgehead atoms. The van der Waals surface area contributed by atoms with Crippen LogP contribution in [0.5, 0.6) is 0 Å². The molecule has 3 nitrogen and oxygen atoms in total. The molecule has 0 atom stereocenters. The molecule has 4 aromatic rings. The zero-order valence-corrected chi connectivity index (χ0v) is 11.3. The van der Waals surface area contributed by atoms with Crippen LogP contribution in [0.25, 0.3) is 32.1 Å². The minimum atomic E-state index is -0.150. The van der Waals surface area contributed by atoms with Crippen molar-refractivity contribution in [3.63, 3.8) is 0 Å². The number of aromatic nitrogens is 2. The number of fused-ring (bicyclic) bond motifs is 2. The predicted molar refractivity (Wildman–Crippen MR) is 83.2 cm³/mol. The van der Waals surface area contributed by atoms with Crippen molar-refractivity contribution in [2.45, 2.75) is 0 Å². The third-order valence-electron chi connectivity index (χ3n) is 3.43. The number of hydrogen-bond donors (Lipinski definition) is 1. The van der Waals surface area contributed by atoms with E-state index in [2.05, 4.69) is 27.7 Å². The highest BCUT2D eigenvalue weighted by atomic mass is 32.1. The Bertz CT molecular complexity index is 984. The first-order chi connectivity index (χ1) is 9.84. The highest BCUT2D eigenvalue weighted by molar-refractivity contribution is 7.17. The molecule has 4 heteroatoms. The lowest BCUT2D eigenvalue weighted by Gasteiger charge is -2.06. The molecule has 0 aliphatic carbocycles. The van der Waals surface area contributed by atoms with E-state index in [1.54, 1.807) is 11.3 Å². The Morgan fingerprint density at radius 3 is 2.70 bits per heavy atom. The van der Waals surface area contributed by atoms with E-state index >= 15 is 0 Å². The Morgan fingerprint density at radius 2 is 1.80 bits per heavy atom. The standard InChI is InChI=1S/C16H10N2OS/c19-16-12-6-2-1-5-11(12)14(17-18-16)13-7-3-4-10-8-9-20-15(10)13/h1-9H,(H,18,19). The summed E-state index contributed by atoms with van der Waals surface area (Å²) in [6.07, 6.45) is 0. The van der Waals surface area contributed by atoms with E-state index in [0.717, 1.165) is 16.6 Å². The molecule has 96 valence electrons. The average Bonchev–Trinajstić information content (AvgIpc) is 2.97. The number of hydrogen-bond acceptors (Lipinski definition) is 3. The zero-order chi connectivity index (χ0) is 13.5. The van der Waals surface area contributed by atoms with Crippen molar-refractivity contribution in [2.75, 3.05) is 0 Å². The van der Waals surface area contributed by atoms with Gasteiger partial charge in [-0.15, -0.1) is 11.3 Å². The topological polar surface area (TPSA) is 45.8 Å². The summed E-state index contributed by atoms with van der Waals surface area (Å²) >= 11 is 1.69. The zero-order valence-electron chi connectivity index (χ0n) is 10.5. The fraction of sp³-hybridized carbons (Fsp3) is 0. The van der Waals surface area contributed by atoms with Gasteiger partial charge in [0.15, 0.2) is 0 Å². The molecule has 4 rings (SSSR count). The van der Waals surface area contributed by atoms with E-state index in [4.69, 9.17) is 0 Å². The third-order valence-corrected chi connectivity index (χ3v) is 4.39. The normalized spacial score (nSPS) is 11.2. The van der Waals surface area contributed by atoms with Gasteiger partial charge < -0.3 is 0 Å². The van der Waals surface area contributed by atoms with Crippen molar-refractivity contribution < 1.29 is 0 Å². The summed E-state index contributed by atoms with van der Waals surface area (Å²) in [7, 11) is 0. The Morgan fingerprint density at radius 1 is 0.950 bits per heavy atom.